The molecule has 0 fully saturated rings. The van der Waals surface area contributed by atoms with E-state index in [-0.39, 0.29) is 21.6 Å². The molecule has 1 aromatic heterocycles. The van der Waals surface area contributed by atoms with Crippen molar-refractivity contribution in [1.82, 2.24) is 10.0 Å². The van der Waals surface area contributed by atoms with Gasteiger partial charge in [0.2, 0.25) is 26.0 Å². The highest BCUT2D eigenvalue weighted by atomic mass is 32.2. The molecule has 0 aliphatic rings. The standard InChI is InChI=1S/C17H23N3O6S3/c1-11(2)16(20-29(24,25)14-7-4-12(26-3)5-8-14)17(21)19-10-13-6-9-15(27-13)28(18,22)23/h4-9,11,16,20H,10H2,1-3H3,(H,19,21)(H2,18,22,23)/t16-/m0/s1. The molecule has 1 aromatic carbocycles. The summed E-state index contributed by atoms with van der Waals surface area (Å²) in [6.07, 6.45) is 0. The predicted molar refractivity (Wildman–Crippen MR) is 109 cm³/mol. The summed E-state index contributed by atoms with van der Waals surface area (Å²) in [5, 5.41) is 7.69. The summed E-state index contributed by atoms with van der Waals surface area (Å²) < 4.78 is 55.3. The molecule has 4 N–H and O–H groups in total. The van der Waals surface area contributed by atoms with Crippen molar-refractivity contribution in [3.05, 3.63) is 41.3 Å². The number of nitrogens with two attached hydrogens (primary N) is 1. The van der Waals surface area contributed by atoms with E-state index in [0.29, 0.717) is 10.6 Å². The van der Waals surface area contributed by atoms with Crippen LogP contribution in [-0.2, 0) is 31.4 Å². The molecule has 1 heterocycles. The Morgan fingerprint density at radius 2 is 1.72 bits per heavy atom. The molecule has 1 atom stereocenters. The van der Waals surface area contributed by atoms with Crippen LogP contribution >= 0.6 is 11.3 Å². The maximum absolute atomic E-state index is 12.6. The van der Waals surface area contributed by atoms with E-state index < -0.39 is 32.0 Å². The van der Waals surface area contributed by atoms with Gasteiger partial charge in [-0.3, -0.25) is 4.79 Å². The van der Waals surface area contributed by atoms with Crippen molar-refractivity contribution < 1.29 is 26.4 Å². The number of methoxy groups -OCH3 is 1. The predicted octanol–water partition coefficient (Wildman–Crippen LogP) is 1.02. The van der Waals surface area contributed by atoms with Crippen molar-refractivity contribution in [2.45, 2.75) is 35.5 Å². The molecule has 160 valence electrons. The maximum Gasteiger partial charge on any atom is 0.247 e. The van der Waals surface area contributed by atoms with Crippen molar-refractivity contribution in [3.63, 3.8) is 0 Å². The lowest BCUT2D eigenvalue weighted by Gasteiger charge is -2.21. The van der Waals surface area contributed by atoms with Crippen LogP contribution in [0.15, 0.2) is 45.5 Å². The highest BCUT2D eigenvalue weighted by Crippen LogP contribution is 2.20. The van der Waals surface area contributed by atoms with Gasteiger partial charge >= 0.3 is 0 Å². The normalized spacial score (nSPS) is 13.3. The Kier molecular flexibility index (Phi) is 7.40. The van der Waals surface area contributed by atoms with Gasteiger partial charge in [-0.1, -0.05) is 13.8 Å². The van der Waals surface area contributed by atoms with E-state index in [9.17, 15) is 21.6 Å². The second-order valence-electron chi connectivity index (χ2n) is 6.50. The van der Waals surface area contributed by atoms with Crippen molar-refractivity contribution >= 4 is 37.3 Å². The molecule has 0 saturated heterocycles. The summed E-state index contributed by atoms with van der Waals surface area (Å²) >= 11 is 0.937. The molecule has 12 heteroatoms. The first-order valence-corrected chi connectivity index (χ1v) is 12.3. The largest absolute Gasteiger partial charge is 0.497 e. The zero-order valence-corrected chi connectivity index (χ0v) is 18.5. The molecular weight excluding hydrogens is 438 g/mol. The fourth-order valence-electron chi connectivity index (χ4n) is 2.37. The Balaban J connectivity index is 2.09. The number of carbonyl (C=O) groups excluding carboxylic acids is 1. The third-order valence-corrected chi connectivity index (χ3v) is 7.94. The van der Waals surface area contributed by atoms with E-state index in [4.69, 9.17) is 9.88 Å². The molecular formula is C17H23N3O6S3. The molecule has 0 aliphatic carbocycles. The molecule has 0 spiro atoms. The summed E-state index contributed by atoms with van der Waals surface area (Å²) in [6, 6.07) is 7.68. The molecule has 2 aromatic rings. The maximum atomic E-state index is 12.6. The van der Waals surface area contributed by atoms with E-state index in [0.717, 1.165) is 11.3 Å². The molecule has 0 radical (unpaired) electrons. The monoisotopic (exact) mass is 461 g/mol. The first-order chi connectivity index (χ1) is 13.4. The van der Waals surface area contributed by atoms with Crippen LogP contribution in [0.5, 0.6) is 5.75 Å². The minimum Gasteiger partial charge on any atom is -0.497 e. The number of rotatable bonds is 9. The van der Waals surface area contributed by atoms with Crippen molar-refractivity contribution in [1.29, 1.82) is 0 Å². The summed E-state index contributed by atoms with van der Waals surface area (Å²) in [4.78, 5) is 13.2. The van der Waals surface area contributed by atoms with Crippen molar-refractivity contribution in [2.24, 2.45) is 11.1 Å². The summed E-state index contributed by atoms with van der Waals surface area (Å²) in [7, 11) is -6.26. The van der Waals surface area contributed by atoms with Crippen LogP contribution in [0.25, 0.3) is 0 Å². The Morgan fingerprint density at radius 1 is 1.10 bits per heavy atom. The number of primary sulfonamides is 1. The fourth-order valence-corrected chi connectivity index (χ4v) is 5.44. The SMILES string of the molecule is COc1ccc(S(=O)(=O)N[C@H](C(=O)NCc2ccc(S(N)(=O)=O)s2)C(C)C)cc1. The van der Waals surface area contributed by atoms with E-state index in [1.54, 1.807) is 13.8 Å². The first kappa shape index (κ1) is 23.3. The van der Waals surface area contributed by atoms with Gasteiger partial charge in [0.25, 0.3) is 0 Å². The second-order valence-corrected chi connectivity index (χ2v) is 11.2. The molecule has 2 rings (SSSR count). The van der Waals surface area contributed by atoms with Crippen LogP contribution in [-0.4, -0.2) is 35.9 Å². The Hall–Kier alpha value is -1.99. The van der Waals surface area contributed by atoms with Gasteiger partial charge < -0.3 is 10.1 Å². The molecule has 29 heavy (non-hydrogen) atoms. The van der Waals surface area contributed by atoms with E-state index in [1.165, 1.54) is 43.5 Å². The second kappa shape index (κ2) is 9.22. The van der Waals surface area contributed by atoms with Crippen LogP contribution in [0.3, 0.4) is 0 Å². The molecule has 1 amide bonds. The van der Waals surface area contributed by atoms with Crippen molar-refractivity contribution in [3.8, 4) is 5.75 Å². The summed E-state index contributed by atoms with van der Waals surface area (Å²) in [5.74, 6) is -0.342. The van der Waals surface area contributed by atoms with Gasteiger partial charge in [0.1, 0.15) is 16.0 Å². The molecule has 9 nitrogen and oxygen atoms in total. The van der Waals surface area contributed by atoms with Gasteiger partial charge in [-0.15, -0.1) is 11.3 Å². The molecule has 0 saturated carbocycles. The fraction of sp³-hybridized carbons (Fsp3) is 0.353. The van der Waals surface area contributed by atoms with Gasteiger partial charge in [0, 0.05) is 4.88 Å². The van der Waals surface area contributed by atoms with E-state index in [1.807, 2.05) is 0 Å². The zero-order valence-electron chi connectivity index (χ0n) is 16.1. The minimum absolute atomic E-state index is 0.00722. The molecule has 0 bridgehead atoms. The lowest BCUT2D eigenvalue weighted by atomic mass is 10.1. The summed E-state index contributed by atoms with van der Waals surface area (Å²) in [6.45, 7) is 3.47. The smallest absolute Gasteiger partial charge is 0.247 e. The number of amides is 1. The number of ether oxygens (including phenoxy) is 1. The Labute approximate surface area is 174 Å². The number of hydrogen-bond acceptors (Lipinski definition) is 7. The van der Waals surface area contributed by atoms with Crippen LogP contribution in [0.2, 0.25) is 0 Å². The van der Waals surface area contributed by atoms with Crippen molar-refractivity contribution in [2.75, 3.05) is 7.11 Å². The van der Waals surface area contributed by atoms with Gasteiger partial charge in [-0.25, -0.2) is 22.0 Å². The van der Waals surface area contributed by atoms with Gasteiger partial charge in [-0.2, -0.15) is 4.72 Å². The average Bonchev–Trinajstić information content (AvgIpc) is 3.13. The highest BCUT2D eigenvalue weighted by molar-refractivity contribution is 7.91. The number of benzene rings is 1. The molecule has 0 aliphatic heterocycles. The van der Waals surface area contributed by atoms with Gasteiger partial charge in [0.15, 0.2) is 0 Å². The van der Waals surface area contributed by atoms with Gasteiger partial charge in [-0.05, 0) is 42.3 Å². The minimum atomic E-state index is -3.93. The quantitative estimate of drug-likeness (QED) is 0.508. The topological polar surface area (TPSA) is 145 Å². The van der Waals surface area contributed by atoms with Crippen LogP contribution < -0.4 is 19.9 Å². The van der Waals surface area contributed by atoms with Crippen LogP contribution in [0.4, 0.5) is 0 Å². The average molecular weight is 462 g/mol. The lowest BCUT2D eigenvalue weighted by molar-refractivity contribution is -0.123. The lowest BCUT2D eigenvalue weighted by Crippen LogP contribution is -2.49. The third kappa shape index (κ3) is 6.24. The first-order valence-electron chi connectivity index (χ1n) is 8.49. The van der Waals surface area contributed by atoms with Gasteiger partial charge in [0.05, 0.1) is 18.6 Å². The number of thiophene rings is 1. The van der Waals surface area contributed by atoms with Crippen LogP contribution in [0, 0.1) is 5.92 Å². The Bertz CT molecular complexity index is 1060. The zero-order chi connectivity index (χ0) is 21.8. The highest BCUT2D eigenvalue weighted by Gasteiger charge is 2.28. The number of carbonyl (C=O) groups is 1. The van der Waals surface area contributed by atoms with E-state index in [2.05, 4.69) is 10.0 Å². The van der Waals surface area contributed by atoms with Crippen LogP contribution in [0.1, 0.15) is 18.7 Å². The number of hydrogen-bond donors (Lipinski definition) is 3. The Morgan fingerprint density at radius 3 is 2.21 bits per heavy atom. The summed E-state index contributed by atoms with van der Waals surface area (Å²) in [5.41, 5.74) is 0. The number of sulfonamides is 2. The molecule has 0 unspecified atom stereocenters. The third-order valence-electron chi connectivity index (χ3n) is 3.96. The van der Waals surface area contributed by atoms with E-state index >= 15 is 0 Å². The number of nitrogens with one attached hydrogen (secondary N) is 2.